The van der Waals surface area contributed by atoms with Gasteiger partial charge in [0, 0.05) is 0 Å². The number of rotatable bonds is 0. The molecule has 0 N–H and O–H groups in total. The Morgan fingerprint density at radius 2 is 1.55 bits per heavy atom. The first-order chi connectivity index (χ1) is 5.20. The Bertz CT molecular complexity index is 181. The number of hydrogen-bond acceptors (Lipinski definition) is 1. The molecule has 0 aliphatic carbocycles. The Morgan fingerprint density at radius 1 is 1.18 bits per heavy atom. The third-order valence-corrected chi connectivity index (χ3v) is 1.17. The molecule has 0 heterocycles. The van der Waals surface area contributed by atoms with Gasteiger partial charge in [-0.05, 0) is 18.4 Å². The molecule has 0 aliphatic rings. The average molecular weight is 156 g/mol. The number of halogens is 1. The predicted molar refractivity (Wildman–Crippen MR) is 44.0 cm³/mol. The van der Waals surface area contributed by atoms with Crippen molar-refractivity contribution < 1.29 is 9.47 Å². The molecule has 0 spiro atoms. The third-order valence-electron chi connectivity index (χ3n) is 1.17. The van der Waals surface area contributed by atoms with Gasteiger partial charge in [0.25, 0.3) is 0 Å². The monoisotopic (exact) mass is 156 g/mol. The van der Waals surface area contributed by atoms with Crippen LogP contribution >= 0.6 is 0 Å². The maximum absolute atomic E-state index is 9.79. The summed E-state index contributed by atoms with van der Waals surface area (Å²) in [6, 6.07) is 8.45. The Hall–Kier alpha value is -0.890. The van der Waals surface area contributed by atoms with E-state index in [1.807, 2.05) is 0 Å². The minimum atomic E-state index is 0.958. The maximum Gasteiger partial charge on any atom is 0.0766 e. The summed E-state index contributed by atoms with van der Waals surface area (Å²) < 4.78 is 9.79. The topological polar surface area (TPSA) is 9.23 Å². The third kappa shape index (κ3) is 5.55. The van der Waals surface area contributed by atoms with E-state index >= 15 is 0 Å². The van der Waals surface area contributed by atoms with Gasteiger partial charge in [-0.2, -0.15) is 4.94 Å². The molecular formula is C9H13FO. The van der Waals surface area contributed by atoms with E-state index in [1.165, 1.54) is 11.1 Å². The van der Waals surface area contributed by atoms with Crippen molar-refractivity contribution in [3.05, 3.63) is 35.4 Å². The van der Waals surface area contributed by atoms with Crippen LogP contribution in [-0.2, 0) is 4.94 Å². The molecule has 0 aromatic heterocycles. The number of benzene rings is 1. The smallest absolute Gasteiger partial charge is 0.0766 e. The summed E-state index contributed by atoms with van der Waals surface area (Å²) in [7, 11) is 0.958. The first kappa shape index (κ1) is 10.1. The zero-order valence-electron chi connectivity index (χ0n) is 7.10. The number of hydrogen-bond donors (Lipinski definition) is 0. The van der Waals surface area contributed by atoms with Crippen molar-refractivity contribution in [2.24, 2.45) is 0 Å². The molecule has 0 aliphatic heterocycles. The van der Waals surface area contributed by atoms with Crippen molar-refractivity contribution in [3.63, 3.8) is 0 Å². The minimum absolute atomic E-state index is 0.958. The molecule has 0 saturated heterocycles. The molecule has 0 bridgehead atoms. The maximum atomic E-state index is 9.79. The highest BCUT2D eigenvalue weighted by molar-refractivity contribution is 5.20. The Labute approximate surface area is 66.7 Å². The Balaban J connectivity index is 0.000000292. The van der Waals surface area contributed by atoms with E-state index in [9.17, 15) is 4.53 Å². The van der Waals surface area contributed by atoms with Crippen LogP contribution in [0.15, 0.2) is 24.3 Å². The van der Waals surface area contributed by atoms with Crippen LogP contribution in [0.4, 0.5) is 4.53 Å². The number of aryl methyl sites for hydroxylation is 2. The quantitative estimate of drug-likeness (QED) is 0.561. The van der Waals surface area contributed by atoms with Gasteiger partial charge in [0.15, 0.2) is 0 Å². The summed E-state index contributed by atoms with van der Waals surface area (Å²) in [5.74, 6) is 0. The lowest BCUT2D eigenvalue weighted by Crippen LogP contribution is -1.71. The zero-order chi connectivity index (χ0) is 8.69. The largest absolute Gasteiger partial charge is 0.198 e. The van der Waals surface area contributed by atoms with Crippen molar-refractivity contribution in [1.82, 2.24) is 0 Å². The molecule has 0 unspecified atom stereocenters. The second-order valence-electron chi connectivity index (χ2n) is 2.31. The molecule has 0 amide bonds. The van der Waals surface area contributed by atoms with Gasteiger partial charge in [0.1, 0.15) is 0 Å². The standard InChI is InChI=1S/C8H10.CH3FO/c1-7-4-3-5-8(2)6-7;1-3-2/h3-6H,1-2H3;1H3. The van der Waals surface area contributed by atoms with E-state index in [1.54, 1.807) is 0 Å². The summed E-state index contributed by atoms with van der Waals surface area (Å²) in [6.45, 7) is 4.21. The molecule has 0 saturated carbocycles. The van der Waals surface area contributed by atoms with E-state index in [0.29, 0.717) is 0 Å². The fourth-order valence-electron chi connectivity index (χ4n) is 0.807. The lowest BCUT2D eigenvalue weighted by atomic mass is 10.2. The van der Waals surface area contributed by atoms with E-state index in [-0.39, 0.29) is 0 Å². The lowest BCUT2D eigenvalue weighted by Gasteiger charge is -1.90. The summed E-state index contributed by atoms with van der Waals surface area (Å²) in [5, 5.41) is 0. The fourth-order valence-corrected chi connectivity index (χ4v) is 0.807. The molecule has 0 fully saturated rings. The molecule has 1 nitrogen and oxygen atoms in total. The Kier molecular flexibility index (Phi) is 5.39. The normalized spacial score (nSPS) is 8.36. The Morgan fingerprint density at radius 3 is 1.73 bits per heavy atom. The SMILES string of the molecule is COF.Cc1cccc(C)c1. The van der Waals surface area contributed by atoms with Gasteiger partial charge < -0.3 is 0 Å². The van der Waals surface area contributed by atoms with Gasteiger partial charge in [-0.1, -0.05) is 35.4 Å². The molecule has 62 valence electrons. The zero-order valence-corrected chi connectivity index (χ0v) is 7.10. The predicted octanol–water partition coefficient (Wildman–Crippen LogP) is 2.82. The van der Waals surface area contributed by atoms with Crippen molar-refractivity contribution in [1.29, 1.82) is 0 Å². The van der Waals surface area contributed by atoms with Gasteiger partial charge in [-0.25, -0.2) is 0 Å². The lowest BCUT2D eigenvalue weighted by molar-refractivity contribution is -0.0960. The van der Waals surface area contributed by atoms with Crippen molar-refractivity contribution in [2.75, 3.05) is 7.11 Å². The first-order valence-corrected chi connectivity index (χ1v) is 3.38. The van der Waals surface area contributed by atoms with Gasteiger partial charge >= 0.3 is 0 Å². The first-order valence-electron chi connectivity index (χ1n) is 3.38. The fraction of sp³-hybridized carbons (Fsp3) is 0.333. The molecule has 1 aromatic carbocycles. The van der Waals surface area contributed by atoms with E-state index < -0.39 is 0 Å². The van der Waals surface area contributed by atoms with Crippen molar-refractivity contribution in [3.8, 4) is 0 Å². The van der Waals surface area contributed by atoms with Gasteiger partial charge in [-0.15, -0.1) is 0 Å². The molecule has 2 heteroatoms. The highest BCUT2D eigenvalue weighted by Gasteiger charge is 1.80. The molecule has 1 aromatic rings. The van der Waals surface area contributed by atoms with Gasteiger partial charge in [0.2, 0.25) is 0 Å². The van der Waals surface area contributed by atoms with Crippen LogP contribution < -0.4 is 0 Å². The molecule has 0 radical (unpaired) electrons. The van der Waals surface area contributed by atoms with Crippen molar-refractivity contribution in [2.45, 2.75) is 13.8 Å². The molecular weight excluding hydrogens is 143 g/mol. The van der Waals surface area contributed by atoms with Crippen LogP contribution in [0.25, 0.3) is 0 Å². The van der Waals surface area contributed by atoms with Crippen LogP contribution in [0.2, 0.25) is 0 Å². The molecule has 0 atom stereocenters. The van der Waals surface area contributed by atoms with Gasteiger partial charge in [0.05, 0.1) is 7.11 Å². The van der Waals surface area contributed by atoms with Crippen LogP contribution in [0, 0.1) is 13.8 Å². The summed E-state index contributed by atoms with van der Waals surface area (Å²) >= 11 is 0. The highest BCUT2D eigenvalue weighted by atomic mass is 19.3. The van der Waals surface area contributed by atoms with E-state index in [0.717, 1.165) is 7.11 Å². The summed E-state index contributed by atoms with van der Waals surface area (Å²) in [6.07, 6.45) is 0. The van der Waals surface area contributed by atoms with E-state index in [2.05, 4.69) is 43.1 Å². The van der Waals surface area contributed by atoms with Crippen LogP contribution in [0.3, 0.4) is 0 Å². The van der Waals surface area contributed by atoms with Crippen LogP contribution in [-0.4, -0.2) is 7.11 Å². The van der Waals surface area contributed by atoms with Gasteiger partial charge in [-0.3, -0.25) is 0 Å². The molecule has 11 heavy (non-hydrogen) atoms. The van der Waals surface area contributed by atoms with Crippen molar-refractivity contribution >= 4 is 0 Å². The van der Waals surface area contributed by atoms with Crippen LogP contribution in [0.5, 0.6) is 0 Å². The second-order valence-corrected chi connectivity index (χ2v) is 2.31. The summed E-state index contributed by atoms with van der Waals surface area (Å²) in [4.78, 5) is 2.75. The highest BCUT2D eigenvalue weighted by Crippen LogP contribution is 2.00. The average Bonchev–Trinajstić information content (AvgIpc) is 1.88. The molecule has 1 rings (SSSR count). The second kappa shape index (κ2) is 5.86. The minimum Gasteiger partial charge on any atom is -0.198 e. The van der Waals surface area contributed by atoms with Crippen LogP contribution in [0.1, 0.15) is 11.1 Å². The van der Waals surface area contributed by atoms with E-state index in [4.69, 9.17) is 0 Å². The summed E-state index contributed by atoms with van der Waals surface area (Å²) in [5.41, 5.74) is 2.68.